The summed E-state index contributed by atoms with van der Waals surface area (Å²) >= 11 is 1.82. The standard InChI is InChI=1S/C15H20N2O3S/c1-11-4-6-13(7-5-11)17(9-14(18)19)15(20)16-12-3-2-8-21-10-12/h4-7,12H,2-3,8-10H2,1H3,(H,16,20)(H,18,19). The van der Waals surface area contributed by atoms with Crippen LogP contribution in [0.15, 0.2) is 24.3 Å². The molecule has 1 atom stereocenters. The van der Waals surface area contributed by atoms with Crippen molar-refractivity contribution in [3.63, 3.8) is 0 Å². The maximum atomic E-state index is 12.4. The third kappa shape index (κ3) is 4.67. The fourth-order valence-electron chi connectivity index (χ4n) is 2.25. The molecule has 1 aliphatic rings. The Hall–Kier alpha value is -1.69. The topological polar surface area (TPSA) is 69.6 Å². The van der Waals surface area contributed by atoms with Crippen LogP contribution in [0.1, 0.15) is 18.4 Å². The molecule has 1 aromatic rings. The molecule has 2 rings (SSSR count). The number of nitrogens with one attached hydrogen (secondary N) is 1. The smallest absolute Gasteiger partial charge is 0.323 e. The van der Waals surface area contributed by atoms with Gasteiger partial charge in [-0.1, -0.05) is 17.7 Å². The Labute approximate surface area is 128 Å². The highest BCUT2D eigenvalue weighted by Gasteiger charge is 2.22. The predicted octanol–water partition coefficient (Wildman–Crippen LogP) is 2.49. The van der Waals surface area contributed by atoms with E-state index >= 15 is 0 Å². The lowest BCUT2D eigenvalue weighted by molar-refractivity contribution is -0.135. The van der Waals surface area contributed by atoms with Gasteiger partial charge in [-0.2, -0.15) is 11.8 Å². The summed E-state index contributed by atoms with van der Waals surface area (Å²) in [5.74, 6) is 0.993. The number of aryl methyl sites for hydroxylation is 1. The van der Waals surface area contributed by atoms with Crippen LogP contribution in [0.2, 0.25) is 0 Å². The summed E-state index contributed by atoms with van der Waals surface area (Å²) in [7, 11) is 0. The SMILES string of the molecule is Cc1ccc(N(CC(=O)O)C(=O)NC2CCCSC2)cc1. The van der Waals surface area contributed by atoms with Gasteiger partial charge < -0.3 is 10.4 Å². The van der Waals surface area contributed by atoms with Crippen molar-refractivity contribution in [1.29, 1.82) is 0 Å². The Morgan fingerprint density at radius 3 is 2.67 bits per heavy atom. The first-order valence-corrected chi connectivity index (χ1v) is 8.16. The number of carboxylic acid groups (broad SMARTS) is 1. The molecule has 21 heavy (non-hydrogen) atoms. The molecule has 5 nitrogen and oxygen atoms in total. The number of urea groups is 1. The molecular formula is C15H20N2O3S. The van der Waals surface area contributed by atoms with Crippen LogP contribution >= 0.6 is 11.8 Å². The van der Waals surface area contributed by atoms with E-state index in [1.807, 2.05) is 30.8 Å². The number of rotatable bonds is 4. The lowest BCUT2D eigenvalue weighted by atomic mass is 10.2. The van der Waals surface area contributed by atoms with Crippen LogP contribution in [-0.4, -0.2) is 41.2 Å². The molecule has 1 saturated heterocycles. The van der Waals surface area contributed by atoms with E-state index in [4.69, 9.17) is 5.11 Å². The van der Waals surface area contributed by atoms with Gasteiger partial charge in [0.15, 0.2) is 0 Å². The maximum Gasteiger partial charge on any atom is 0.323 e. The van der Waals surface area contributed by atoms with Crippen molar-refractivity contribution in [3.8, 4) is 0 Å². The number of anilines is 1. The zero-order valence-corrected chi connectivity index (χ0v) is 12.9. The Morgan fingerprint density at radius 1 is 1.38 bits per heavy atom. The highest BCUT2D eigenvalue weighted by atomic mass is 32.2. The maximum absolute atomic E-state index is 12.4. The number of carbonyl (C=O) groups excluding carboxylic acids is 1. The van der Waals surface area contributed by atoms with Gasteiger partial charge in [-0.3, -0.25) is 9.69 Å². The first-order valence-electron chi connectivity index (χ1n) is 7.00. The van der Waals surface area contributed by atoms with E-state index in [9.17, 15) is 9.59 Å². The second kappa shape index (κ2) is 7.36. The molecule has 114 valence electrons. The van der Waals surface area contributed by atoms with Crippen molar-refractivity contribution in [2.75, 3.05) is 23.0 Å². The zero-order valence-electron chi connectivity index (χ0n) is 12.0. The van der Waals surface area contributed by atoms with Crippen molar-refractivity contribution in [2.24, 2.45) is 0 Å². The number of hydrogen-bond donors (Lipinski definition) is 2. The van der Waals surface area contributed by atoms with Gasteiger partial charge in [-0.15, -0.1) is 0 Å². The molecule has 6 heteroatoms. The van der Waals surface area contributed by atoms with E-state index < -0.39 is 5.97 Å². The van der Waals surface area contributed by atoms with Crippen LogP contribution in [0.4, 0.5) is 10.5 Å². The van der Waals surface area contributed by atoms with Crippen molar-refractivity contribution < 1.29 is 14.7 Å². The van der Waals surface area contributed by atoms with E-state index in [0.29, 0.717) is 5.69 Å². The van der Waals surface area contributed by atoms with Crippen molar-refractivity contribution >= 4 is 29.4 Å². The average Bonchev–Trinajstić information content (AvgIpc) is 2.46. The van der Waals surface area contributed by atoms with Gasteiger partial charge in [0.2, 0.25) is 0 Å². The summed E-state index contributed by atoms with van der Waals surface area (Å²) in [4.78, 5) is 24.7. The average molecular weight is 308 g/mol. The summed E-state index contributed by atoms with van der Waals surface area (Å²) in [5, 5.41) is 12.0. The molecule has 2 N–H and O–H groups in total. The van der Waals surface area contributed by atoms with Gasteiger partial charge in [0.1, 0.15) is 6.54 Å². The van der Waals surface area contributed by atoms with Crippen molar-refractivity contribution in [1.82, 2.24) is 5.32 Å². The number of carboxylic acids is 1. The second-order valence-corrected chi connectivity index (χ2v) is 6.33. The Kier molecular flexibility index (Phi) is 5.50. The molecule has 0 spiro atoms. The van der Waals surface area contributed by atoms with Crippen molar-refractivity contribution in [3.05, 3.63) is 29.8 Å². The molecule has 1 fully saturated rings. The molecule has 0 bridgehead atoms. The molecule has 2 amide bonds. The third-order valence-electron chi connectivity index (χ3n) is 3.37. The summed E-state index contributed by atoms with van der Waals surface area (Å²) in [6.07, 6.45) is 2.03. The van der Waals surface area contributed by atoms with E-state index in [2.05, 4.69) is 5.32 Å². The van der Waals surface area contributed by atoms with Gasteiger partial charge in [0.25, 0.3) is 0 Å². The van der Waals surface area contributed by atoms with Gasteiger partial charge in [0, 0.05) is 17.5 Å². The largest absolute Gasteiger partial charge is 0.480 e. The fourth-order valence-corrected chi connectivity index (χ4v) is 3.32. The zero-order chi connectivity index (χ0) is 15.2. The number of aliphatic carboxylic acids is 1. The minimum absolute atomic E-state index is 0.123. The predicted molar refractivity (Wildman–Crippen MR) is 85.0 cm³/mol. The van der Waals surface area contributed by atoms with Crippen LogP contribution in [0.5, 0.6) is 0 Å². The fraction of sp³-hybridized carbons (Fsp3) is 0.467. The van der Waals surface area contributed by atoms with Crippen LogP contribution in [0.25, 0.3) is 0 Å². The molecule has 1 aromatic carbocycles. The van der Waals surface area contributed by atoms with Crippen LogP contribution in [0, 0.1) is 6.92 Å². The Balaban J connectivity index is 2.08. The van der Waals surface area contributed by atoms with Gasteiger partial charge in [-0.05, 0) is 37.7 Å². The summed E-state index contributed by atoms with van der Waals surface area (Å²) in [5.41, 5.74) is 1.67. The number of benzene rings is 1. The number of carbonyl (C=O) groups is 2. The van der Waals surface area contributed by atoms with Crippen molar-refractivity contribution in [2.45, 2.75) is 25.8 Å². The van der Waals surface area contributed by atoms with Gasteiger partial charge in [-0.25, -0.2) is 4.79 Å². The summed E-state index contributed by atoms with van der Waals surface area (Å²) in [6, 6.07) is 7.06. The molecule has 0 radical (unpaired) electrons. The molecule has 1 aliphatic heterocycles. The minimum Gasteiger partial charge on any atom is -0.480 e. The minimum atomic E-state index is -1.02. The molecule has 0 saturated carbocycles. The lowest BCUT2D eigenvalue weighted by Gasteiger charge is -2.27. The number of hydrogen-bond acceptors (Lipinski definition) is 3. The number of nitrogens with zero attached hydrogens (tertiary/aromatic N) is 1. The van der Waals surface area contributed by atoms with E-state index in [1.165, 1.54) is 4.90 Å². The third-order valence-corrected chi connectivity index (χ3v) is 4.59. The highest BCUT2D eigenvalue weighted by Crippen LogP contribution is 2.19. The second-order valence-electron chi connectivity index (χ2n) is 5.18. The van der Waals surface area contributed by atoms with E-state index in [0.717, 1.165) is 29.9 Å². The molecule has 0 aliphatic carbocycles. The number of thioether (sulfide) groups is 1. The van der Waals surface area contributed by atoms with Gasteiger partial charge >= 0.3 is 12.0 Å². The molecule has 1 heterocycles. The molecule has 1 unspecified atom stereocenters. The summed E-state index contributed by atoms with van der Waals surface area (Å²) in [6.45, 7) is 1.61. The first-order chi connectivity index (χ1) is 10.1. The Morgan fingerprint density at radius 2 is 2.10 bits per heavy atom. The quantitative estimate of drug-likeness (QED) is 0.896. The number of amides is 2. The van der Waals surface area contributed by atoms with Crippen LogP contribution in [0.3, 0.4) is 0 Å². The molecule has 0 aromatic heterocycles. The van der Waals surface area contributed by atoms with Gasteiger partial charge in [0.05, 0.1) is 0 Å². The Bertz CT molecular complexity index is 498. The lowest BCUT2D eigenvalue weighted by Crippen LogP contribution is -2.48. The van der Waals surface area contributed by atoms with Crippen LogP contribution < -0.4 is 10.2 Å². The summed E-state index contributed by atoms with van der Waals surface area (Å²) < 4.78 is 0. The first kappa shape index (κ1) is 15.7. The monoisotopic (exact) mass is 308 g/mol. The normalized spacial score (nSPS) is 18.0. The van der Waals surface area contributed by atoms with E-state index in [-0.39, 0.29) is 18.6 Å². The van der Waals surface area contributed by atoms with E-state index in [1.54, 1.807) is 12.1 Å². The highest BCUT2D eigenvalue weighted by molar-refractivity contribution is 7.99. The van der Waals surface area contributed by atoms with Crippen LogP contribution in [-0.2, 0) is 4.79 Å². The molecular weight excluding hydrogens is 288 g/mol.